The Bertz CT molecular complexity index is 673. The second kappa shape index (κ2) is 6.23. The van der Waals surface area contributed by atoms with E-state index in [4.69, 9.17) is 14.0 Å². The first kappa shape index (κ1) is 17.0. The zero-order chi connectivity index (χ0) is 17.4. The Labute approximate surface area is 143 Å². The lowest BCUT2D eigenvalue weighted by atomic mass is 9.79. The summed E-state index contributed by atoms with van der Waals surface area (Å²) in [5.74, 6) is -0.290. The average molecular weight is 326 g/mol. The molecule has 0 N–H and O–H groups in total. The summed E-state index contributed by atoms with van der Waals surface area (Å²) in [4.78, 5) is 12.2. The van der Waals surface area contributed by atoms with Crippen molar-refractivity contribution in [2.75, 3.05) is 0 Å². The highest BCUT2D eigenvalue weighted by atomic mass is 16.7. The van der Waals surface area contributed by atoms with Crippen LogP contribution in [0.25, 0.3) is 0 Å². The van der Waals surface area contributed by atoms with Gasteiger partial charge in [0, 0.05) is 5.57 Å². The fourth-order valence-corrected chi connectivity index (χ4v) is 2.65. The second-order valence-electron chi connectivity index (χ2n) is 7.23. The molecule has 1 aromatic rings. The third-order valence-electron chi connectivity index (χ3n) is 4.90. The van der Waals surface area contributed by atoms with Crippen LogP contribution in [0.1, 0.15) is 39.7 Å². The lowest BCUT2D eigenvalue weighted by Crippen LogP contribution is -2.41. The van der Waals surface area contributed by atoms with Crippen molar-refractivity contribution in [1.82, 2.24) is 0 Å². The average Bonchev–Trinajstić information content (AvgIpc) is 3.09. The highest BCUT2D eigenvalue weighted by molar-refractivity contribution is 6.56. The fraction of sp³-hybridized carbons (Fsp3) is 0.421. The van der Waals surface area contributed by atoms with Gasteiger partial charge in [0.1, 0.15) is 6.61 Å². The maximum absolute atomic E-state index is 12.2. The van der Waals surface area contributed by atoms with Crippen LogP contribution in [-0.2, 0) is 25.4 Å². The molecule has 126 valence electrons. The minimum absolute atomic E-state index is 0.281. The van der Waals surface area contributed by atoms with Gasteiger partial charge in [0.05, 0.1) is 11.2 Å². The maximum Gasteiger partial charge on any atom is 0.494 e. The summed E-state index contributed by atoms with van der Waals surface area (Å²) in [5.41, 5.74) is 1.73. The van der Waals surface area contributed by atoms with Gasteiger partial charge in [-0.05, 0) is 45.2 Å². The zero-order valence-electron chi connectivity index (χ0n) is 14.7. The van der Waals surface area contributed by atoms with Crippen molar-refractivity contribution in [2.45, 2.75) is 51.9 Å². The van der Waals surface area contributed by atoms with Crippen LogP contribution < -0.4 is 0 Å². The second-order valence-corrected chi connectivity index (χ2v) is 7.23. The molecule has 0 atom stereocenters. The smallest absolute Gasteiger partial charge is 0.457 e. The van der Waals surface area contributed by atoms with Gasteiger partial charge >= 0.3 is 13.1 Å². The van der Waals surface area contributed by atoms with Gasteiger partial charge in [-0.25, -0.2) is 4.79 Å². The van der Waals surface area contributed by atoms with Gasteiger partial charge in [-0.1, -0.05) is 42.5 Å². The van der Waals surface area contributed by atoms with Crippen LogP contribution in [0.4, 0.5) is 0 Å². The monoisotopic (exact) mass is 326 g/mol. The molecule has 3 rings (SSSR count). The maximum atomic E-state index is 12.2. The summed E-state index contributed by atoms with van der Waals surface area (Å²) in [6.07, 6.45) is 4.35. The minimum atomic E-state index is -0.436. The number of rotatable bonds is 4. The van der Waals surface area contributed by atoms with E-state index in [2.05, 4.69) is 0 Å². The Morgan fingerprint density at radius 2 is 1.75 bits per heavy atom. The minimum Gasteiger partial charge on any atom is -0.457 e. The molecule has 0 saturated carbocycles. The molecular formula is C19H23BO4. The van der Waals surface area contributed by atoms with Crippen molar-refractivity contribution in [1.29, 1.82) is 0 Å². The van der Waals surface area contributed by atoms with E-state index < -0.39 is 7.12 Å². The van der Waals surface area contributed by atoms with E-state index in [0.717, 1.165) is 11.0 Å². The predicted octanol–water partition coefficient (Wildman–Crippen LogP) is 3.62. The van der Waals surface area contributed by atoms with Crippen LogP contribution in [0.15, 0.2) is 53.5 Å². The third kappa shape index (κ3) is 3.33. The molecule has 0 spiro atoms. The summed E-state index contributed by atoms with van der Waals surface area (Å²) in [7, 11) is -0.436. The number of carbonyl (C=O) groups excluding carboxylic acids is 1. The van der Waals surface area contributed by atoms with Crippen LogP contribution >= 0.6 is 0 Å². The standard InChI is InChI=1S/C19H23BO4/c1-18(2)19(3,4)24-20(23-18)16-11-10-15(12-16)17(21)22-13-14-8-6-5-7-9-14/h5-9,11-12H,10,13H2,1-4H3. The van der Waals surface area contributed by atoms with Crippen molar-refractivity contribution in [2.24, 2.45) is 0 Å². The largest absolute Gasteiger partial charge is 0.494 e. The number of allylic oxidation sites excluding steroid dienone is 3. The Hall–Kier alpha value is -1.85. The number of hydrogen-bond acceptors (Lipinski definition) is 4. The van der Waals surface area contributed by atoms with Gasteiger partial charge < -0.3 is 14.0 Å². The van der Waals surface area contributed by atoms with E-state index in [9.17, 15) is 4.79 Å². The molecule has 1 aliphatic heterocycles. The molecular weight excluding hydrogens is 303 g/mol. The summed E-state index contributed by atoms with van der Waals surface area (Å²) in [5, 5.41) is 0. The van der Waals surface area contributed by atoms with Crippen molar-refractivity contribution in [3.63, 3.8) is 0 Å². The first-order valence-electron chi connectivity index (χ1n) is 8.26. The first-order chi connectivity index (χ1) is 11.3. The number of carbonyl (C=O) groups is 1. The van der Waals surface area contributed by atoms with E-state index in [1.165, 1.54) is 0 Å². The molecule has 5 heteroatoms. The van der Waals surface area contributed by atoms with E-state index >= 15 is 0 Å². The lowest BCUT2D eigenvalue weighted by Gasteiger charge is -2.32. The highest BCUT2D eigenvalue weighted by Gasteiger charge is 2.52. The zero-order valence-corrected chi connectivity index (χ0v) is 14.7. The molecule has 24 heavy (non-hydrogen) atoms. The molecule has 4 nitrogen and oxygen atoms in total. The quantitative estimate of drug-likeness (QED) is 0.626. The summed E-state index contributed by atoms with van der Waals surface area (Å²) in [6.45, 7) is 8.34. The number of ether oxygens (including phenoxy) is 1. The molecule has 2 aliphatic rings. The van der Waals surface area contributed by atoms with Crippen LogP contribution in [0.3, 0.4) is 0 Å². The Balaban J connectivity index is 1.60. The number of hydrogen-bond donors (Lipinski definition) is 0. The Morgan fingerprint density at radius 3 is 2.38 bits per heavy atom. The number of benzene rings is 1. The SMILES string of the molecule is CC1(C)OB(C2=CCC(C(=O)OCc3ccccc3)=C2)OC1(C)C. The van der Waals surface area contributed by atoms with Crippen molar-refractivity contribution in [3.05, 3.63) is 59.1 Å². The molecule has 0 radical (unpaired) electrons. The topological polar surface area (TPSA) is 44.8 Å². The van der Waals surface area contributed by atoms with Crippen LogP contribution in [-0.4, -0.2) is 24.3 Å². The summed E-state index contributed by atoms with van der Waals surface area (Å²) < 4.78 is 17.4. The molecule has 0 bridgehead atoms. The number of esters is 1. The summed E-state index contributed by atoms with van der Waals surface area (Å²) in [6, 6.07) is 9.66. The molecule has 0 amide bonds. The molecule has 1 heterocycles. The van der Waals surface area contributed by atoms with Gasteiger partial charge in [-0.3, -0.25) is 0 Å². The van der Waals surface area contributed by atoms with Crippen LogP contribution in [0, 0.1) is 0 Å². The van der Waals surface area contributed by atoms with Crippen molar-refractivity contribution in [3.8, 4) is 0 Å². The third-order valence-corrected chi connectivity index (χ3v) is 4.90. The van der Waals surface area contributed by atoms with Gasteiger partial charge in [0.2, 0.25) is 0 Å². The Morgan fingerprint density at radius 1 is 1.12 bits per heavy atom. The molecule has 1 saturated heterocycles. The molecule has 1 aliphatic carbocycles. The predicted molar refractivity (Wildman–Crippen MR) is 93.1 cm³/mol. The molecule has 1 aromatic carbocycles. The van der Waals surface area contributed by atoms with E-state index in [1.54, 1.807) is 0 Å². The van der Waals surface area contributed by atoms with Crippen molar-refractivity contribution >= 4 is 13.1 Å². The van der Waals surface area contributed by atoms with Gasteiger partial charge in [-0.15, -0.1) is 0 Å². The lowest BCUT2D eigenvalue weighted by molar-refractivity contribution is -0.140. The van der Waals surface area contributed by atoms with E-state index in [0.29, 0.717) is 12.0 Å². The van der Waals surface area contributed by atoms with E-state index in [1.807, 2.05) is 70.2 Å². The molecule has 0 unspecified atom stereocenters. The Kier molecular flexibility index (Phi) is 4.41. The van der Waals surface area contributed by atoms with Gasteiger partial charge in [0.15, 0.2) is 0 Å². The van der Waals surface area contributed by atoms with Crippen LogP contribution in [0.5, 0.6) is 0 Å². The normalized spacial score (nSPS) is 21.4. The van der Waals surface area contributed by atoms with Gasteiger partial charge in [0.25, 0.3) is 0 Å². The first-order valence-corrected chi connectivity index (χ1v) is 8.26. The molecule has 1 fully saturated rings. The van der Waals surface area contributed by atoms with E-state index in [-0.39, 0.29) is 23.8 Å². The van der Waals surface area contributed by atoms with Gasteiger partial charge in [-0.2, -0.15) is 0 Å². The molecule has 0 aromatic heterocycles. The van der Waals surface area contributed by atoms with Crippen LogP contribution in [0.2, 0.25) is 0 Å². The highest BCUT2D eigenvalue weighted by Crippen LogP contribution is 2.40. The van der Waals surface area contributed by atoms with Crippen molar-refractivity contribution < 1.29 is 18.8 Å². The fourth-order valence-electron chi connectivity index (χ4n) is 2.65. The summed E-state index contributed by atoms with van der Waals surface area (Å²) >= 11 is 0.